The van der Waals surface area contributed by atoms with E-state index in [1.165, 1.54) is 12.1 Å². The van der Waals surface area contributed by atoms with Gasteiger partial charge >= 0.3 is 37.7 Å². The van der Waals surface area contributed by atoms with E-state index in [9.17, 15) is 25.9 Å². The number of rotatable bonds is 6. The Hall–Kier alpha value is -1.52. The Morgan fingerprint density at radius 2 is 0.857 bits per heavy atom. The van der Waals surface area contributed by atoms with Gasteiger partial charge in [-0.25, -0.2) is 16.8 Å². The van der Waals surface area contributed by atoms with E-state index in [-0.39, 0.29) is 47.5 Å². The van der Waals surface area contributed by atoms with E-state index in [2.05, 4.69) is 13.8 Å². The average Bonchev–Trinajstić information content (AvgIpc) is 2.78. The molecule has 0 saturated heterocycles. The molecule has 0 fully saturated rings. The second kappa shape index (κ2) is 12.6. The molecule has 6 nitrogen and oxygen atoms in total. The van der Waals surface area contributed by atoms with Gasteiger partial charge in [0.05, 0.1) is 9.79 Å². The van der Waals surface area contributed by atoms with Crippen LogP contribution < -0.4 is 0 Å². The molecular formula is C26H26CaO6S2. The zero-order valence-electron chi connectivity index (χ0n) is 19.7. The van der Waals surface area contributed by atoms with Crippen molar-refractivity contribution in [2.24, 2.45) is 0 Å². The summed E-state index contributed by atoms with van der Waals surface area (Å²) in [5, 5.41) is 2.75. The van der Waals surface area contributed by atoms with Crippen LogP contribution in [0.2, 0.25) is 0 Å². The Labute approximate surface area is 236 Å². The van der Waals surface area contributed by atoms with E-state index in [0.29, 0.717) is 10.8 Å². The smallest absolute Gasteiger partial charge is 0.744 e. The maximum absolute atomic E-state index is 11.2. The summed E-state index contributed by atoms with van der Waals surface area (Å²) in [5.41, 5.74) is 2.16. The van der Waals surface area contributed by atoms with Crippen LogP contribution >= 0.6 is 0 Å². The molecule has 0 bridgehead atoms. The van der Waals surface area contributed by atoms with Crippen LogP contribution in [0.3, 0.4) is 0 Å². The molecule has 0 aromatic heterocycles. The molecule has 0 aliphatic rings. The minimum absolute atomic E-state index is 0. The third-order valence-electron chi connectivity index (χ3n) is 5.52. The fourth-order valence-electron chi connectivity index (χ4n) is 4.10. The molecule has 4 aromatic rings. The fourth-order valence-corrected chi connectivity index (χ4v) is 5.49. The van der Waals surface area contributed by atoms with E-state index < -0.39 is 20.2 Å². The van der Waals surface area contributed by atoms with Crippen molar-refractivity contribution in [1.29, 1.82) is 0 Å². The van der Waals surface area contributed by atoms with Crippen molar-refractivity contribution < 1.29 is 25.9 Å². The SMILES string of the molecule is CCCc1cccc2c(S(=O)(=O)[O-])cccc12.CCCc1cccc2c(S(=O)(=O)[O-])cccc12.[Ca+2]. The standard InChI is InChI=1S/2C13H14O3S.Ca/c2*1-2-5-10-6-3-8-12-11(10)7-4-9-13(12)17(14,15)16;/h2*3-4,6-9H,2,5H2,1H3,(H,14,15,16);/q;;+2/p-2. The molecular weight excluding hydrogens is 512 g/mol. The molecule has 180 valence electrons. The van der Waals surface area contributed by atoms with E-state index in [4.69, 9.17) is 0 Å². The predicted octanol–water partition coefficient (Wildman–Crippen LogP) is 5.01. The molecule has 0 aliphatic heterocycles. The van der Waals surface area contributed by atoms with Gasteiger partial charge in [0.1, 0.15) is 20.2 Å². The van der Waals surface area contributed by atoms with E-state index in [1.54, 1.807) is 36.4 Å². The van der Waals surface area contributed by atoms with Crippen molar-refractivity contribution in [3.8, 4) is 0 Å². The molecule has 0 amide bonds. The first-order valence-electron chi connectivity index (χ1n) is 11.0. The molecule has 0 saturated carbocycles. The zero-order chi connectivity index (χ0) is 24.9. The maximum Gasteiger partial charge on any atom is 2.00 e. The largest absolute Gasteiger partial charge is 2.00 e. The summed E-state index contributed by atoms with van der Waals surface area (Å²) in [6.45, 7) is 4.13. The Bertz CT molecular complexity index is 1410. The number of hydrogen-bond acceptors (Lipinski definition) is 6. The first kappa shape index (κ1) is 29.7. The molecule has 0 radical (unpaired) electrons. The Morgan fingerprint density at radius 3 is 1.17 bits per heavy atom. The molecule has 0 atom stereocenters. The molecule has 0 aliphatic carbocycles. The van der Waals surface area contributed by atoms with Gasteiger partial charge in [-0.3, -0.25) is 0 Å². The van der Waals surface area contributed by atoms with E-state index in [1.807, 2.05) is 24.3 Å². The summed E-state index contributed by atoms with van der Waals surface area (Å²) in [7, 11) is -8.82. The molecule has 0 N–H and O–H groups in total. The number of hydrogen-bond donors (Lipinski definition) is 0. The number of aryl methyl sites for hydroxylation is 2. The van der Waals surface area contributed by atoms with Crippen LogP contribution in [0.25, 0.3) is 21.5 Å². The second-order valence-electron chi connectivity index (χ2n) is 7.95. The van der Waals surface area contributed by atoms with Gasteiger partial charge in [0.15, 0.2) is 0 Å². The predicted molar refractivity (Wildman–Crippen MR) is 138 cm³/mol. The molecule has 0 heterocycles. The van der Waals surface area contributed by atoms with Crippen LogP contribution in [-0.2, 0) is 33.1 Å². The summed E-state index contributed by atoms with van der Waals surface area (Å²) in [6, 6.07) is 20.5. The van der Waals surface area contributed by atoms with Gasteiger partial charge in [-0.05, 0) is 57.6 Å². The van der Waals surface area contributed by atoms with Crippen molar-refractivity contribution in [2.75, 3.05) is 0 Å². The summed E-state index contributed by atoms with van der Waals surface area (Å²) in [6.07, 6.45) is 3.71. The van der Waals surface area contributed by atoms with Crippen LogP contribution in [0.1, 0.15) is 37.8 Å². The van der Waals surface area contributed by atoms with Crippen LogP contribution in [-0.4, -0.2) is 63.7 Å². The van der Waals surface area contributed by atoms with Crippen LogP contribution in [0, 0.1) is 0 Å². The van der Waals surface area contributed by atoms with Crippen molar-refractivity contribution >= 4 is 79.5 Å². The van der Waals surface area contributed by atoms with Crippen molar-refractivity contribution in [2.45, 2.75) is 49.3 Å². The van der Waals surface area contributed by atoms with Gasteiger partial charge in [0, 0.05) is 0 Å². The Kier molecular flexibility index (Phi) is 10.7. The third-order valence-corrected chi connectivity index (χ3v) is 7.31. The molecule has 35 heavy (non-hydrogen) atoms. The second-order valence-corrected chi connectivity index (χ2v) is 10.6. The van der Waals surface area contributed by atoms with Gasteiger partial charge in [0.25, 0.3) is 0 Å². The Balaban J connectivity index is 0.000000240. The minimum Gasteiger partial charge on any atom is -0.744 e. The van der Waals surface area contributed by atoms with Gasteiger partial charge in [-0.15, -0.1) is 0 Å². The topological polar surface area (TPSA) is 114 Å². The monoisotopic (exact) mass is 538 g/mol. The van der Waals surface area contributed by atoms with Crippen LogP contribution in [0.5, 0.6) is 0 Å². The molecule has 0 unspecified atom stereocenters. The van der Waals surface area contributed by atoms with Crippen molar-refractivity contribution in [3.63, 3.8) is 0 Å². The van der Waals surface area contributed by atoms with Gasteiger partial charge in [-0.2, -0.15) is 0 Å². The normalized spacial score (nSPS) is 11.5. The van der Waals surface area contributed by atoms with Gasteiger partial charge in [-0.1, -0.05) is 87.4 Å². The van der Waals surface area contributed by atoms with Gasteiger partial charge < -0.3 is 9.11 Å². The maximum atomic E-state index is 11.2. The van der Waals surface area contributed by atoms with E-state index >= 15 is 0 Å². The van der Waals surface area contributed by atoms with E-state index in [0.717, 1.165) is 47.6 Å². The van der Waals surface area contributed by atoms with Crippen molar-refractivity contribution in [1.82, 2.24) is 0 Å². The summed E-state index contributed by atoms with van der Waals surface area (Å²) >= 11 is 0. The summed E-state index contributed by atoms with van der Waals surface area (Å²) in [5.74, 6) is 0. The number of benzene rings is 4. The Morgan fingerprint density at radius 1 is 0.543 bits per heavy atom. The first-order valence-corrected chi connectivity index (χ1v) is 13.8. The first-order chi connectivity index (χ1) is 16.1. The molecule has 4 rings (SSSR count). The summed E-state index contributed by atoms with van der Waals surface area (Å²) < 4.78 is 67.0. The van der Waals surface area contributed by atoms with Crippen LogP contribution in [0.15, 0.2) is 82.6 Å². The molecule has 0 spiro atoms. The molecule has 4 aromatic carbocycles. The fraction of sp³-hybridized carbons (Fsp3) is 0.231. The molecule has 9 heteroatoms. The van der Waals surface area contributed by atoms with Crippen LogP contribution in [0.4, 0.5) is 0 Å². The third kappa shape index (κ3) is 7.26. The zero-order valence-corrected chi connectivity index (χ0v) is 23.6. The number of fused-ring (bicyclic) bond motifs is 2. The van der Waals surface area contributed by atoms with Gasteiger partial charge in [0.2, 0.25) is 0 Å². The summed E-state index contributed by atoms with van der Waals surface area (Å²) in [4.78, 5) is -0.263. The minimum atomic E-state index is -4.41. The van der Waals surface area contributed by atoms with Crippen molar-refractivity contribution in [3.05, 3.63) is 83.9 Å². The average molecular weight is 539 g/mol. The quantitative estimate of drug-likeness (QED) is 0.252.